The molecule has 1 N–H and O–H groups in total. The van der Waals surface area contributed by atoms with Crippen molar-refractivity contribution in [2.24, 2.45) is 0 Å². The molecule has 0 amide bonds. The van der Waals surface area contributed by atoms with Crippen LogP contribution in [0.4, 0.5) is 5.69 Å². The van der Waals surface area contributed by atoms with Crippen LogP contribution >= 0.6 is 11.6 Å². The van der Waals surface area contributed by atoms with Crippen LogP contribution in [-0.4, -0.2) is 17.8 Å². The number of anilines is 1. The van der Waals surface area contributed by atoms with Crippen LogP contribution in [-0.2, 0) is 10.0 Å². The van der Waals surface area contributed by atoms with Crippen molar-refractivity contribution in [3.63, 3.8) is 0 Å². The summed E-state index contributed by atoms with van der Waals surface area (Å²) in [5, 5.41) is 0.375. The molecule has 0 bridgehead atoms. The third kappa shape index (κ3) is 2.59. The van der Waals surface area contributed by atoms with Gasteiger partial charge >= 0.3 is 0 Å². The van der Waals surface area contributed by atoms with E-state index in [1.807, 2.05) is 11.3 Å². The zero-order valence-corrected chi connectivity index (χ0v) is 12.7. The van der Waals surface area contributed by atoms with Gasteiger partial charge in [-0.2, -0.15) is 0 Å². The number of pyridine rings is 1. The highest BCUT2D eigenvalue weighted by atomic mass is 35.5. The molecule has 108 valence electrons. The molecular weight excluding hydrogens is 310 g/mol. The number of imidazole rings is 1. The smallest absolute Gasteiger partial charge is 0.262 e. The topological polar surface area (TPSA) is 63.5 Å². The number of fused-ring (bicyclic) bond motifs is 1. The van der Waals surface area contributed by atoms with Gasteiger partial charge in [-0.25, -0.2) is 13.4 Å². The van der Waals surface area contributed by atoms with Gasteiger partial charge in [0, 0.05) is 23.1 Å². The van der Waals surface area contributed by atoms with Gasteiger partial charge in [-0.1, -0.05) is 17.7 Å². The van der Waals surface area contributed by atoms with Crippen molar-refractivity contribution >= 4 is 33.0 Å². The highest BCUT2D eigenvalue weighted by Crippen LogP contribution is 2.22. The summed E-state index contributed by atoms with van der Waals surface area (Å²) in [7, 11) is -3.68. The number of hydrogen-bond donors (Lipinski definition) is 1. The van der Waals surface area contributed by atoms with E-state index in [9.17, 15) is 8.42 Å². The maximum absolute atomic E-state index is 12.4. The van der Waals surface area contributed by atoms with E-state index in [1.165, 1.54) is 12.1 Å². The van der Waals surface area contributed by atoms with Gasteiger partial charge in [0.25, 0.3) is 10.0 Å². The lowest BCUT2D eigenvalue weighted by molar-refractivity contribution is 0.601. The lowest BCUT2D eigenvalue weighted by Gasteiger charge is -2.12. The van der Waals surface area contributed by atoms with Crippen molar-refractivity contribution in [3.05, 3.63) is 59.5 Å². The summed E-state index contributed by atoms with van der Waals surface area (Å²) in [5.74, 6) is 0. The van der Waals surface area contributed by atoms with E-state index in [0.717, 1.165) is 11.3 Å². The van der Waals surface area contributed by atoms with Crippen molar-refractivity contribution in [2.75, 3.05) is 4.72 Å². The third-order valence-corrected chi connectivity index (χ3v) is 4.77. The van der Waals surface area contributed by atoms with E-state index in [-0.39, 0.29) is 4.90 Å². The average Bonchev–Trinajstić information content (AvgIpc) is 2.91. The Balaban J connectivity index is 2.03. The Labute approximate surface area is 127 Å². The van der Waals surface area contributed by atoms with Gasteiger partial charge in [0.05, 0.1) is 10.6 Å². The third-order valence-electron chi connectivity index (χ3n) is 3.17. The van der Waals surface area contributed by atoms with E-state index in [1.54, 1.807) is 36.7 Å². The SMILES string of the molecule is Cc1c(NS(=O)(=O)c2cccc(Cl)c2)ccc2nccn12. The van der Waals surface area contributed by atoms with Gasteiger partial charge in [0.15, 0.2) is 0 Å². The number of rotatable bonds is 3. The van der Waals surface area contributed by atoms with Crippen LogP contribution < -0.4 is 4.72 Å². The summed E-state index contributed by atoms with van der Waals surface area (Å²) in [4.78, 5) is 4.28. The van der Waals surface area contributed by atoms with Gasteiger partial charge in [-0.3, -0.25) is 4.72 Å². The van der Waals surface area contributed by atoms with Crippen LogP contribution in [0.2, 0.25) is 5.02 Å². The molecule has 3 rings (SSSR count). The number of halogens is 1. The molecule has 0 spiro atoms. The summed E-state index contributed by atoms with van der Waals surface area (Å²) in [6.45, 7) is 1.82. The van der Waals surface area contributed by atoms with E-state index < -0.39 is 10.0 Å². The highest BCUT2D eigenvalue weighted by molar-refractivity contribution is 7.92. The summed E-state index contributed by atoms with van der Waals surface area (Å²) in [6, 6.07) is 9.59. The predicted octanol–water partition coefficient (Wildman–Crippen LogP) is 3.10. The maximum atomic E-state index is 12.4. The number of nitrogens with zero attached hydrogens (tertiary/aromatic N) is 2. The molecule has 0 unspecified atom stereocenters. The quantitative estimate of drug-likeness (QED) is 0.806. The maximum Gasteiger partial charge on any atom is 0.262 e. The summed E-state index contributed by atoms with van der Waals surface area (Å²) in [6.07, 6.45) is 3.44. The van der Waals surface area contributed by atoms with Crippen molar-refractivity contribution < 1.29 is 8.42 Å². The van der Waals surface area contributed by atoms with Crippen LogP contribution in [0, 0.1) is 6.92 Å². The lowest BCUT2D eigenvalue weighted by Crippen LogP contribution is -2.14. The van der Waals surface area contributed by atoms with Gasteiger partial charge < -0.3 is 4.40 Å². The zero-order valence-electron chi connectivity index (χ0n) is 11.1. The minimum atomic E-state index is -3.68. The van der Waals surface area contributed by atoms with Crippen molar-refractivity contribution in [1.29, 1.82) is 0 Å². The number of sulfonamides is 1. The van der Waals surface area contributed by atoms with Crippen LogP contribution in [0.3, 0.4) is 0 Å². The van der Waals surface area contributed by atoms with Gasteiger partial charge in [-0.15, -0.1) is 0 Å². The lowest BCUT2D eigenvalue weighted by atomic mass is 10.3. The number of aryl methyl sites for hydroxylation is 1. The van der Waals surface area contributed by atoms with Crippen LogP contribution in [0.15, 0.2) is 53.7 Å². The summed E-state index contributed by atoms with van der Waals surface area (Å²) >= 11 is 5.84. The predicted molar refractivity (Wildman–Crippen MR) is 82.2 cm³/mol. The Morgan fingerprint density at radius 1 is 1.24 bits per heavy atom. The molecule has 0 fully saturated rings. The number of hydrogen-bond acceptors (Lipinski definition) is 3. The molecule has 3 aromatic rings. The fourth-order valence-electron chi connectivity index (χ4n) is 2.08. The standard InChI is InChI=1S/C14H12ClN3O2S/c1-10-13(5-6-14-16-7-8-18(10)14)17-21(19,20)12-4-2-3-11(15)9-12/h2-9,17H,1H3. The fourth-order valence-corrected chi connectivity index (χ4v) is 3.49. The fraction of sp³-hybridized carbons (Fsp3) is 0.0714. The molecule has 0 aliphatic carbocycles. The summed E-state index contributed by atoms with van der Waals surface area (Å²) in [5.41, 5.74) is 2.02. The molecule has 0 saturated heterocycles. The molecule has 5 nitrogen and oxygen atoms in total. The number of aromatic nitrogens is 2. The minimum absolute atomic E-state index is 0.125. The first-order valence-corrected chi connectivity index (χ1v) is 8.04. The normalized spacial score (nSPS) is 11.7. The Kier molecular flexibility index (Phi) is 3.35. The first kappa shape index (κ1) is 13.9. The Bertz CT molecular complexity index is 919. The molecule has 0 atom stereocenters. The minimum Gasteiger partial charge on any atom is -0.302 e. The highest BCUT2D eigenvalue weighted by Gasteiger charge is 2.16. The molecule has 0 aliphatic heterocycles. The molecule has 7 heteroatoms. The van der Waals surface area contributed by atoms with Gasteiger partial charge in [-0.05, 0) is 37.3 Å². The monoisotopic (exact) mass is 321 g/mol. The molecule has 1 aromatic carbocycles. The summed E-state index contributed by atoms with van der Waals surface area (Å²) < 4.78 is 29.2. The van der Waals surface area contributed by atoms with Crippen molar-refractivity contribution in [1.82, 2.24) is 9.38 Å². The first-order valence-electron chi connectivity index (χ1n) is 6.18. The Hall–Kier alpha value is -2.05. The van der Waals surface area contributed by atoms with E-state index in [2.05, 4.69) is 9.71 Å². The molecule has 21 heavy (non-hydrogen) atoms. The van der Waals surface area contributed by atoms with E-state index in [4.69, 9.17) is 11.6 Å². The molecule has 2 heterocycles. The Morgan fingerprint density at radius 2 is 2.05 bits per heavy atom. The van der Waals surface area contributed by atoms with Crippen LogP contribution in [0.5, 0.6) is 0 Å². The van der Waals surface area contributed by atoms with Crippen LogP contribution in [0.1, 0.15) is 5.69 Å². The van der Waals surface area contributed by atoms with E-state index in [0.29, 0.717) is 10.7 Å². The van der Waals surface area contributed by atoms with Crippen LogP contribution in [0.25, 0.3) is 5.65 Å². The van der Waals surface area contributed by atoms with Gasteiger partial charge in [0.2, 0.25) is 0 Å². The van der Waals surface area contributed by atoms with Crippen molar-refractivity contribution in [2.45, 2.75) is 11.8 Å². The van der Waals surface area contributed by atoms with E-state index >= 15 is 0 Å². The van der Waals surface area contributed by atoms with Gasteiger partial charge in [0.1, 0.15) is 5.65 Å². The number of nitrogens with one attached hydrogen (secondary N) is 1. The second-order valence-electron chi connectivity index (χ2n) is 4.55. The van der Waals surface area contributed by atoms with Crippen molar-refractivity contribution in [3.8, 4) is 0 Å². The largest absolute Gasteiger partial charge is 0.302 e. The molecule has 0 radical (unpaired) electrons. The molecule has 2 aromatic heterocycles. The molecular formula is C14H12ClN3O2S. The Morgan fingerprint density at radius 3 is 2.81 bits per heavy atom. The zero-order chi connectivity index (χ0) is 15.0. The molecule has 0 saturated carbocycles. The molecule has 0 aliphatic rings. The number of benzene rings is 1. The average molecular weight is 322 g/mol. The second kappa shape index (κ2) is 5.05. The second-order valence-corrected chi connectivity index (χ2v) is 6.67. The first-order chi connectivity index (χ1) is 9.97.